The lowest BCUT2D eigenvalue weighted by molar-refractivity contribution is -0.384. The van der Waals surface area contributed by atoms with Crippen LogP contribution in [0.25, 0.3) is 23.0 Å². The van der Waals surface area contributed by atoms with Gasteiger partial charge in [-0.3, -0.25) is 19.8 Å². The number of nitrogens with zero attached hydrogens (tertiary/aromatic N) is 4. The molecule has 1 aromatic heterocycles. The highest BCUT2D eigenvalue weighted by Gasteiger charge is 2.33. The molecule has 0 spiro atoms. The highest BCUT2D eigenvalue weighted by molar-refractivity contribution is 8.26. The summed E-state index contributed by atoms with van der Waals surface area (Å²) >= 11 is 6.87. The maximum absolute atomic E-state index is 13.3. The van der Waals surface area contributed by atoms with Gasteiger partial charge in [0.05, 0.1) is 15.5 Å². The van der Waals surface area contributed by atoms with E-state index in [0.717, 1.165) is 31.4 Å². The van der Waals surface area contributed by atoms with Gasteiger partial charge in [-0.1, -0.05) is 87.4 Å². The Labute approximate surface area is 220 Å². The Balaban J connectivity index is 1.71. The van der Waals surface area contributed by atoms with E-state index in [0.29, 0.717) is 38.5 Å². The molecule has 0 radical (unpaired) electrons. The molecule has 36 heavy (non-hydrogen) atoms. The molecule has 0 aliphatic carbocycles. The number of aromatic nitrogens is 2. The van der Waals surface area contributed by atoms with Crippen LogP contribution in [0, 0.1) is 16.0 Å². The van der Waals surface area contributed by atoms with E-state index in [1.165, 1.54) is 23.9 Å². The third kappa shape index (κ3) is 5.74. The Hall–Kier alpha value is -3.30. The molecule has 1 aliphatic rings. The quantitative estimate of drug-likeness (QED) is 0.126. The largest absolute Gasteiger partial charge is 0.293 e. The average Bonchev–Trinajstić information content (AvgIpc) is 3.43. The summed E-state index contributed by atoms with van der Waals surface area (Å²) in [6.45, 7) is 4.94. The fourth-order valence-electron chi connectivity index (χ4n) is 4.17. The lowest BCUT2D eigenvalue weighted by atomic mass is 9.99. The van der Waals surface area contributed by atoms with E-state index in [1.54, 1.807) is 27.8 Å². The fraction of sp³-hybridized carbons (Fsp3) is 0.296. The molecule has 1 amide bonds. The number of thioether (sulfide) groups is 1. The van der Waals surface area contributed by atoms with Gasteiger partial charge in [-0.15, -0.1) is 0 Å². The second kappa shape index (κ2) is 11.6. The number of hydrogen-bond acceptors (Lipinski definition) is 6. The lowest BCUT2D eigenvalue weighted by Crippen LogP contribution is -2.33. The number of non-ortho nitro benzene ring substituents is 1. The Morgan fingerprint density at radius 3 is 2.64 bits per heavy atom. The number of thiocarbonyl (C=S) groups is 1. The molecule has 1 unspecified atom stereocenters. The standard InChI is InChI=1S/C27H28N4O3S2/c1-3-5-10-19(4-2)17-29-26(32)24(36-27(29)35)16-21-18-30(22-12-7-6-8-13-22)28-25(21)20-11-9-14-23(15-20)31(33)34/h6-9,11-16,18-19H,3-5,10,17H2,1-2H3/b24-16-. The van der Waals surface area contributed by atoms with Gasteiger partial charge < -0.3 is 0 Å². The molecule has 1 aliphatic heterocycles. The minimum absolute atomic E-state index is 0.0169. The Kier molecular flexibility index (Phi) is 8.32. The summed E-state index contributed by atoms with van der Waals surface area (Å²) < 4.78 is 2.28. The number of benzene rings is 2. The number of hydrogen-bond donors (Lipinski definition) is 0. The summed E-state index contributed by atoms with van der Waals surface area (Å²) in [6.07, 6.45) is 7.97. The van der Waals surface area contributed by atoms with E-state index < -0.39 is 4.92 Å². The maximum Gasteiger partial charge on any atom is 0.270 e. The first-order chi connectivity index (χ1) is 17.4. The van der Waals surface area contributed by atoms with Crippen molar-refractivity contribution in [3.05, 3.63) is 81.4 Å². The summed E-state index contributed by atoms with van der Waals surface area (Å²) in [7, 11) is 0. The van der Waals surface area contributed by atoms with Crippen LogP contribution in [-0.4, -0.2) is 36.4 Å². The molecule has 0 saturated carbocycles. The third-order valence-electron chi connectivity index (χ3n) is 6.24. The normalized spacial score (nSPS) is 15.6. The molecule has 2 aromatic carbocycles. The van der Waals surface area contributed by atoms with Gasteiger partial charge in [0.15, 0.2) is 0 Å². The van der Waals surface area contributed by atoms with Gasteiger partial charge in [0, 0.05) is 36.0 Å². The van der Waals surface area contributed by atoms with Crippen molar-refractivity contribution in [2.45, 2.75) is 39.5 Å². The average molecular weight is 521 g/mol. The van der Waals surface area contributed by atoms with Crippen molar-refractivity contribution < 1.29 is 9.72 Å². The van der Waals surface area contributed by atoms with Crippen LogP contribution in [0.1, 0.15) is 45.1 Å². The van der Waals surface area contributed by atoms with Gasteiger partial charge in [-0.25, -0.2) is 4.68 Å². The Morgan fingerprint density at radius 1 is 1.17 bits per heavy atom. The predicted octanol–water partition coefficient (Wildman–Crippen LogP) is 6.87. The molecule has 0 bridgehead atoms. The van der Waals surface area contributed by atoms with Crippen LogP contribution in [0.2, 0.25) is 0 Å². The van der Waals surface area contributed by atoms with E-state index in [4.69, 9.17) is 17.3 Å². The fourth-order valence-corrected chi connectivity index (χ4v) is 5.44. The van der Waals surface area contributed by atoms with Crippen molar-refractivity contribution in [3.8, 4) is 16.9 Å². The summed E-state index contributed by atoms with van der Waals surface area (Å²) in [5.74, 6) is 0.311. The molecular weight excluding hydrogens is 492 g/mol. The third-order valence-corrected chi connectivity index (χ3v) is 7.62. The topological polar surface area (TPSA) is 81.3 Å². The monoisotopic (exact) mass is 520 g/mol. The molecule has 4 rings (SSSR count). The SMILES string of the molecule is CCCCC(CC)CN1C(=O)/C(=C/c2cn(-c3ccccc3)nc2-c2cccc([N+](=O)[O-])c2)SC1=S. The maximum atomic E-state index is 13.3. The van der Waals surface area contributed by atoms with Crippen molar-refractivity contribution in [1.29, 1.82) is 0 Å². The molecule has 1 atom stereocenters. The van der Waals surface area contributed by atoms with E-state index >= 15 is 0 Å². The summed E-state index contributed by atoms with van der Waals surface area (Å²) in [6, 6.07) is 16.0. The minimum atomic E-state index is -0.425. The smallest absolute Gasteiger partial charge is 0.270 e. The molecule has 3 aromatic rings. The number of carbonyl (C=O) groups excluding carboxylic acids is 1. The molecule has 7 nitrogen and oxygen atoms in total. The minimum Gasteiger partial charge on any atom is -0.293 e. The van der Waals surface area contributed by atoms with Crippen molar-refractivity contribution in [2.24, 2.45) is 5.92 Å². The first kappa shape index (κ1) is 25.8. The highest BCUT2D eigenvalue weighted by Crippen LogP contribution is 2.36. The van der Waals surface area contributed by atoms with Gasteiger partial charge in [0.25, 0.3) is 11.6 Å². The van der Waals surface area contributed by atoms with Crippen molar-refractivity contribution in [2.75, 3.05) is 6.54 Å². The van der Waals surface area contributed by atoms with E-state index in [1.807, 2.05) is 36.5 Å². The zero-order valence-corrected chi connectivity index (χ0v) is 21.9. The van der Waals surface area contributed by atoms with Gasteiger partial charge in [-0.2, -0.15) is 5.10 Å². The number of nitro groups is 1. The lowest BCUT2D eigenvalue weighted by Gasteiger charge is -2.21. The first-order valence-electron chi connectivity index (χ1n) is 12.1. The second-order valence-corrected chi connectivity index (χ2v) is 10.4. The van der Waals surface area contributed by atoms with E-state index in [2.05, 4.69) is 13.8 Å². The first-order valence-corrected chi connectivity index (χ1v) is 13.3. The van der Waals surface area contributed by atoms with Crippen LogP contribution in [0.5, 0.6) is 0 Å². The molecular formula is C27H28N4O3S2. The number of amides is 1. The van der Waals surface area contributed by atoms with Crippen LogP contribution in [0.4, 0.5) is 5.69 Å². The zero-order chi connectivity index (χ0) is 25.7. The van der Waals surface area contributed by atoms with Gasteiger partial charge in [0.1, 0.15) is 10.0 Å². The number of para-hydroxylation sites is 1. The number of unbranched alkanes of at least 4 members (excludes halogenated alkanes) is 1. The number of rotatable bonds is 10. The molecule has 1 fully saturated rings. The zero-order valence-electron chi connectivity index (χ0n) is 20.3. The van der Waals surface area contributed by atoms with Gasteiger partial charge >= 0.3 is 0 Å². The van der Waals surface area contributed by atoms with E-state index in [9.17, 15) is 14.9 Å². The predicted molar refractivity (Wildman–Crippen MR) is 149 cm³/mol. The van der Waals surface area contributed by atoms with Crippen molar-refractivity contribution in [1.82, 2.24) is 14.7 Å². The van der Waals surface area contributed by atoms with Gasteiger partial charge in [0.2, 0.25) is 0 Å². The number of carbonyl (C=O) groups is 1. The van der Waals surface area contributed by atoms with Crippen LogP contribution in [0.3, 0.4) is 0 Å². The molecule has 186 valence electrons. The van der Waals surface area contributed by atoms with Crippen LogP contribution in [0.15, 0.2) is 65.7 Å². The van der Waals surface area contributed by atoms with Crippen LogP contribution >= 0.6 is 24.0 Å². The number of nitro benzene ring substituents is 1. The molecule has 0 N–H and O–H groups in total. The van der Waals surface area contributed by atoms with Crippen molar-refractivity contribution in [3.63, 3.8) is 0 Å². The van der Waals surface area contributed by atoms with Crippen LogP contribution in [-0.2, 0) is 4.79 Å². The molecule has 9 heteroatoms. The molecule has 1 saturated heterocycles. The van der Waals surface area contributed by atoms with Crippen molar-refractivity contribution >= 4 is 46.0 Å². The summed E-state index contributed by atoms with van der Waals surface area (Å²) in [5.41, 5.74) is 2.68. The molecule has 2 heterocycles. The van der Waals surface area contributed by atoms with Crippen LogP contribution < -0.4 is 0 Å². The Bertz CT molecular complexity index is 1300. The van der Waals surface area contributed by atoms with E-state index in [-0.39, 0.29) is 11.6 Å². The van der Waals surface area contributed by atoms with Gasteiger partial charge in [-0.05, 0) is 30.5 Å². The Morgan fingerprint density at radius 2 is 1.94 bits per heavy atom. The summed E-state index contributed by atoms with van der Waals surface area (Å²) in [4.78, 5) is 26.5. The summed E-state index contributed by atoms with van der Waals surface area (Å²) in [5, 5.41) is 16.1. The second-order valence-electron chi connectivity index (χ2n) is 8.73. The highest BCUT2D eigenvalue weighted by atomic mass is 32.2.